The van der Waals surface area contributed by atoms with Gasteiger partial charge in [0.05, 0.1) is 19.9 Å². The van der Waals surface area contributed by atoms with Gasteiger partial charge in [-0.3, -0.25) is 0 Å². The number of para-hydroxylation sites is 1. The van der Waals surface area contributed by atoms with Crippen LogP contribution in [0.15, 0.2) is 57.2 Å². The van der Waals surface area contributed by atoms with Crippen molar-refractivity contribution in [1.82, 2.24) is 14.9 Å². The Morgan fingerprint density at radius 2 is 1.97 bits per heavy atom. The van der Waals surface area contributed by atoms with E-state index in [2.05, 4.69) is 50.3 Å². The van der Waals surface area contributed by atoms with Crippen molar-refractivity contribution in [2.75, 3.05) is 13.7 Å². The maximum Gasteiger partial charge on any atom is 0.212 e. The molecule has 0 aliphatic heterocycles. The summed E-state index contributed by atoms with van der Waals surface area (Å²) >= 11 is 5.05. The standard InChI is InChI=1S/C21H23BrN4O2S/c1-4-12-28-20-17(6-5-7-19(20)27-3)13-23-26-15(2)24-25-21(26)29-14-16-8-10-18(22)11-9-16/h5-11,13H,4,12,14H2,1-3H3/b23-13-. The van der Waals surface area contributed by atoms with Gasteiger partial charge in [0, 0.05) is 15.8 Å². The zero-order valence-electron chi connectivity index (χ0n) is 16.6. The molecule has 2 aromatic carbocycles. The highest BCUT2D eigenvalue weighted by atomic mass is 79.9. The molecule has 0 N–H and O–H groups in total. The van der Waals surface area contributed by atoms with E-state index in [0.29, 0.717) is 18.1 Å². The van der Waals surface area contributed by atoms with Crippen LogP contribution in [0.25, 0.3) is 0 Å². The van der Waals surface area contributed by atoms with Gasteiger partial charge in [-0.1, -0.05) is 52.8 Å². The van der Waals surface area contributed by atoms with Crippen molar-refractivity contribution in [1.29, 1.82) is 0 Å². The van der Waals surface area contributed by atoms with Crippen LogP contribution in [-0.4, -0.2) is 34.8 Å². The quantitative estimate of drug-likeness (QED) is 0.310. The molecule has 0 saturated heterocycles. The van der Waals surface area contributed by atoms with Crippen molar-refractivity contribution in [3.63, 3.8) is 0 Å². The van der Waals surface area contributed by atoms with Crippen molar-refractivity contribution in [3.05, 3.63) is 63.9 Å². The molecule has 8 heteroatoms. The lowest BCUT2D eigenvalue weighted by Crippen LogP contribution is -2.02. The molecule has 0 fully saturated rings. The van der Waals surface area contributed by atoms with Crippen molar-refractivity contribution in [2.45, 2.75) is 31.2 Å². The fourth-order valence-electron chi connectivity index (χ4n) is 2.56. The van der Waals surface area contributed by atoms with E-state index in [9.17, 15) is 0 Å². The van der Waals surface area contributed by atoms with Gasteiger partial charge in [0.15, 0.2) is 17.3 Å². The lowest BCUT2D eigenvalue weighted by molar-refractivity contribution is 0.294. The fourth-order valence-corrected chi connectivity index (χ4v) is 3.72. The third-order valence-electron chi connectivity index (χ3n) is 4.04. The zero-order chi connectivity index (χ0) is 20.6. The molecular formula is C21H23BrN4O2S. The number of thioether (sulfide) groups is 1. The van der Waals surface area contributed by atoms with Crippen LogP contribution in [0.3, 0.4) is 0 Å². The van der Waals surface area contributed by atoms with E-state index in [4.69, 9.17) is 9.47 Å². The van der Waals surface area contributed by atoms with Crippen molar-refractivity contribution in [3.8, 4) is 11.5 Å². The van der Waals surface area contributed by atoms with E-state index in [1.165, 1.54) is 5.56 Å². The number of methoxy groups -OCH3 is 1. The molecule has 3 aromatic rings. The van der Waals surface area contributed by atoms with Gasteiger partial charge in [-0.2, -0.15) is 9.78 Å². The Hall–Kier alpha value is -2.32. The average Bonchev–Trinajstić information content (AvgIpc) is 3.09. The van der Waals surface area contributed by atoms with Crippen molar-refractivity contribution >= 4 is 33.9 Å². The number of benzene rings is 2. The highest BCUT2D eigenvalue weighted by Crippen LogP contribution is 2.30. The Morgan fingerprint density at radius 3 is 2.69 bits per heavy atom. The summed E-state index contributed by atoms with van der Waals surface area (Å²) in [7, 11) is 1.63. The molecule has 0 aliphatic carbocycles. The minimum atomic E-state index is 0.612. The molecule has 3 rings (SSSR count). The molecular weight excluding hydrogens is 452 g/mol. The fraction of sp³-hybridized carbons (Fsp3) is 0.286. The summed E-state index contributed by atoms with van der Waals surface area (Å²) in [6.45, 7) is 4.56. The Labute approximate surface area is 183 Å². The Bertz CT molecular complexity index is 973. The van der Waals surface area contributed by atoms with Gasteiger partial charge in [-0.15, -0.1) is 10.2 Å². The smallest absolute Gasteiger partial charge is 0.212 e. The van der Waals surface area contributed by atoms with Crippen molar-refractivity contribution < 1.29 is 9.47 Å². The van der Waals surface area contributed by atoms with Gasteiger partial charge in [-0.25, -0.2) is 0 Å². The molecule has 6 nitrogen and oxygen atoms in total. The molecule has 0 aliphatic rings. The molecule has 1 aromatic heterocycles. The lowest BCUT2D eigenvalue weighted by Gasteiger charge is -2.12. The van der Waals surface area contributed by atoms with E-state index >= 15 is 0 Å². The number of aromatic nitrogens is 3. The van der Waals surface area contributed by atoms with E-state index in [1.54, 1.807) is 29.8 Å². The van der Waals surface area contributed by atoms with Gasteiger partial charge in [-0.05, 0) is 43.2 Å². The highest BCUT2D eigenvalue weighted by Gasteiger charge is 2.11. The highest BCUT2D eigenvalue weighted by molar-refractivity contribution is 9.10. The molecule has 0 radical (unpaired) electrons. The second kappa shape index (κ2) is 10.5. The lowest BCUT2D eigenvalue weighted by atomic mass is 10.2. The van der Waals surface area contributed by atoms with Crippen LogP contribution in [-0.2, 0) is 5.75 Å². The summed E-state index contributed by atoms with van der Waals surface area (Å²) in [4.78, 5) is 0. The number of hydrogen-bond donors (Lipinski definition) is 0. The molecule has 0 saturated carbocycles. The molecule has 0 unspecified atom stereocenters. The van der Waals surface area contributed by atoms with E-state index < -0.39 is 0 Å². The molecule has 1 heterocycles. The molecule has 0 bridgehead atoms. The minimum absolute atomic E-state index is 0.612. The number of ether oxygens (including phenoxy) is 2. The Kier molecular flexibility index (Phi) is 7.71. The normalized spacial score (nSPS) is 11.2. The summed E-state index contributed by atoms with van der Waals surface area (Å²) in [6, 6.07) is 14.0. The van der Waals surface area contributed by atoms with Gasteiger partial charge in [0.25, 0.3) is 0 Å². The summed E-state index contributed by atoms with van der Waals surface area (Å²) in [5, 5.41) is 13.8. The SMILES string of the molecule is CCCOc1c(/C=N\n2c(C)nnc2SCc2ccc(Br)cc2)cccc1OC. The number of rotatable bonds is 9. The van der Waals surface area contributed by atoms with E-state index in [-0.39, 0.29) is 0 Å². The second-order valence-corrected chi connectivity index (χ2v) is 8.09. The van der Waals surface area contributed by atoms with Gasteiger partial charge in [0.2, 0.25) is 5.16 Å². The Balaban J connectivity index is 1.81. The largest absolute Gasteiger partial charge is 0.493 e. The monoisotopic (exact) mass is 474 g/mol. The molecule has 29 heavy (non-hydrogen) atoms. The van der Waals surface area contributed by atoms with E-state index in [0.717, 1.165) is 33.2 Å². The van der Waals surface area contributed by atoms with Gasteiger partial charge < -0.3 is 9.47 Å². The summed E-state index contributed by atoms with van der Waals surface area (Å²) in [5.41, 5.74) is 2.05. The number of nitrogens with zero attached hydrogens (tertiary/aromatic N) is 4. The number of hydrogen-bond acceptors (Lipinski definition) is 6. The predicted molar refractivity (Wildman–Crippen MR) is 120 cm³/mol. The maximum absolute atomic E-state index is 5.89. The molecule has 0 atom stereocenters. The first kappa shape index (κ1) is 21.4. The van der Waals surface area contributed by atoms with Crippen LogP contribution < -0.4 is 9.47 Å². The predicted octanol–water partition coefficient (Wildman–Crippen LogP) is 5.32. The number of aryl methyl sites for hydroxylation is 1. The van der Waals surface area contributed by atoms with Crippen LogP contribution in [0.2, 0.25) is 0 Å². The molecule has 152 valence electrons. The van der Waals surface area contributed by atoms with Crippen LogP contribution >= 0.6 is 27.7 Å². The third-order valence-corrected chi connectivity index (χ3v) is 5.56. The number of halogens is 1. The topological polar surface area (TPSA) is 61.5 Å². The molecule has 0 spiro atoms. The molecule has 0 amide bonds. The third kappa shape index (κ3) is 5.61. The maximum atomic E-state index is 5.89. The van der Waals surface area contributed by atoms with Gasteiger partial charge in [0.1, 0.15) is 0 Å². The van der Waals surface area contributed by atoms with Crippen LogP contribution in [0.1, 0.15) is 30.3 Å². The van der Waals surface area contributed by atoms with Crippen LogP contribution in [0, 0.1) is 6.92 Å². The van der Waals surface area contributed by atoms with Crippen molar-refractivity contribution in [2.24, 2.45) is 5.10 Å². The summed E-state index contributed by atoms with van der Waals surface area (Å²) in [5.74, 6) is 2.88. The van der Waals surface area contributed by atoms with Crippen LogP contribution in [0.4, 0.5) is 0 Å². The first-order valence-corrected chi connectivity index (χ1v) is 11.0. The van der Waals surface area contributed by atoms with E-state index in [1.807, 2.05) is 37.3 Å². The first-order chi connectivity index (χ1) is 14.1. The van der Waals surface area contributed by atoms with Gasteiger partial charge >= 0.3 is 0 Å². The Morgan fingerprint density at radius 1 is 1.17 bits per heavy atom. The summed E-state index contributed by atoms with van der Waals surface area (Å²) in [6.07, 6.45) is 2.67. The summed E-state index contributed by atoms with van der Waals surface area (Å²) < 4.78 is 14.1. The first-order valence-electron chi connectivity index (χ1n) is 9.25. The average molecular weight is 475 g/mol. The zero-order valence-corrected chi connectivity index (χ0v) is 19.0. The van der Waals surface area contributed by atoms with Crippen LogP contribution in [0.5, 0.6) is 11.5 Å². The minimum Gasteiger partial charge on any atom is -0.493 e. The second-order valence-electron chi connectivity index (χ2n) is 6.23.